The summed E-state index contributed by atoms with van der Waals surface area (Å²) in [5, 5.41) is -0.000721. The van der Waals surface area contributed by atoms with Crippen molar-refractivity contribution in [2.75, 3.05) is 4.72 Å². The zero-order valence-electron chi connectivity index (χ0n) is 11.4. The Hall–Kier alpha value is -1.41. The average Bonchev–Trinajstić information content (AvgIpc) is 2.76. The SMILES string of the molecule is CCn1cc(S(=O)(=O)Nc2cc(C)c(Br)cn2)nc1C. The van der Waals surface area contributed by atoms with Crippen LogP contribution in [0.2, 0.25) is 0 Å². The first kappa shape index (κ1) is 15.0. The van der Waals surface area contributed by atoms with Crippen molar-refractivity contribution in [2.45, 2.75) is 32.3 Å². The maximum atomic E-state index is 12.2. The number of rotatable bonds is 4. The maximum Gasteiger partial charge on any atom is 0.282 e. The van der Waals surface area contributed by atoms with E-state index < -0.39 is 10.0 Å². The zero-order chi connectivity index (χ0) is 14.9. The van der Waals surface area contributed by atoms with Gasteiger partial charge in [0.25, 0.3) is 10.0 Å². The first-order valence-corrected chi connectivity index (χ1v) is 8.30. The van der Waals surface area contributed by atoms with Gasteiger partial charge in [0.2, 0.25) is 0 Å². The molecule has 2 rings (SSSR count). The third kappa shape index (κ3) is 3.01. The predicted molar refractivity (Wildman–Crippen MR) is 80.1 cm³/mol. The molecule has 0 aromatic carbocycles. The van der Waals surface area contributed by atoms with Crippen LogP contribution >= 0.6 is 15.9 Å². The molecule has 2 heterocycles. The van der Waals surface area contributed by atoms with Gasteiger partial charge in [-0.15, -0.1) is 0 Å². The molecule has 8 heteroatoms. The van der Waals surface area contributed by atoms with Gasteiger partial charge < -0.3 is 4.57 Å². The van der Waals surface area contributed by atoms with Crippen LogP contribution in [-0.2, 0) is 16.6 Å². The molecular formula is C12H15BrN4O2S. The number of halogens is 1. The number of hydrogen-bond acceptors (Lipinski definition) is 4. The molecule has 1 N–H and O–H groups in total. The maximum absolute atomic E-state index is 12.2. The number of hydrogen-bond donors (Lipinski definition) is 1. The molecule has 0 aliphatic heterocycles. The predicted octanol–water partition coefficient (Wildman–Crippen LogP) is 2.48. The molecule has 0 radical (unpaired) electrons. The minimum absolute atomic E-state index is 0.000721. The standard InChI is InChI=1S/C12H15BrN4O2S/c1-4-17-7-12(15-9(17)3)20(18,19)16-11-5-8(2)10(13)6-14-11/h5-7H,4H2,1-3H3,(H,14,16). The molecule has 108 valence electrons. The molecule has 0 aliphatic rings. The van der Waals surface area contributed by atoms with Gasteiger partial charge in [0.15, 0.2) is 5.03 Å². The number of nitrogens with one attached hydrogen (secondary N) is 1. The monoisotopic (exact) mass is 358 g/mol. The van der Waals surface area contributed by atoms with Crippen LogP contribution in [0, 0.1) is 13.8 Å². The van der Waals surface area contributed by atoms with Gasteiger partial charge in [-0.25, -0.2) is 9.97 Å². The smallest absolute Gasteiger partial charge is 0.282 e. The summed E-state index contributed by atoms with van der Waals surface area (Å²) in [5.41, 5.74) is 0.896. The lowest BCUT2D eigenvalue weighted by Gasteiger charge is -2.06. The van der Waals surface area contributed by atoms with E-state index in [0.717, 1.165) is 10.0 Å². The number of nitrogens with zero attached hydrogens (tertiary/aromatic N) is 3. The molecule has 2 aromatic rings. The molecule has 20 heavy (non-hydrogen) atoms. The minimum Gasteiger partial charge on any atom is -0.334 e. The van der Waals surface area contributed by atoms with Crippen LogP contribution in [0.15, 0.2) is 28.0 Å². The Labute approximate surface area is 126 Å². The van der Waals surface area contributed by atoms with Gasteiger partial charge in [-0.3, -0.25) is 4.72 Å². The van der Waals surface area contributed by atoms with E-state index in [0.29, 0.717) is 12.4 Å². The third-order valence-electron chi connectivity index (χ3n) is 2.86. The number of imidazole rings is 1. The van der Waals surface area contributed by atoms with Crippen LogP contribution < -0.4 is 4.72 Å². The van der Waals surface area contributed by atoms with Gasteiger partial charge in [-0.2, -0.15) is 8.42 Å². The molecule has 0 unspecified atom stereocenters. The van der Waals surface area contributed by atoms with Crippen molar-refractivity contribution in [1.82, 2.24) is 14.5 Å². The van der Waals surface area contributed by atoms with Crippen molar-refractivity contribution in [3.63, 3.8) is 0 Å². The van der Waals surface area contributed by atoms with Gasteiger partial charge >= 0.3 is 0 Å². The summed E-state index contributed by atoms with van der Waals surface area (Å²) in [6.45, 7) is 6.23. The number of aryl methyl sites for hydroxylation is 3. The van der Waals surface area contributed by atoms with Crippen molar-refractivity contribution in [1.29, 1.82) is 0 Å². The summed E-state index contributed by atoms with van der Waals surface area (Å²) in [6, 6.07) is 1.66. The fourth-order valence-corrected chi connectivity index (χ4v) is 2.94. The van der Waals surface area contributed by atoms with Crippen molar-refractivity contribution in [3.8, 4) is 0 Å². The molecule has 0 aliphatic carbocycles. The van der Waals surface area contributed by atoms with E-state index in [-0.39, 0.29) is 10.8 Å². The lowest BCUT2D eigenvalue weighted by Crippen LogP contribution is -2.14. The number of sulfonamides is 1. The zero-order valence-corrected chi connectivity index (χ0v) is 13.8. The summed E-state index contributed by atoms with van der Waals surface area (Å²) in [7, 11) is -3.71. The Morgan fingerprint density at radius 2 is 2.10 bits per heavy atom. The van der Waals surface area contributed by atoms with Crippen molar-refractivity contribution < 1.29 is 8.42 Å². The first-order chi connectivity index (χ1) is 9.33. The largest absolute Gasteiger partial charge is 0.334 e. The van der Waals surface area contributed by atoms with Crippen LogP contribution in [0.1, 0.15) is 18.3 Å². The van der Waals surface area contributed by atoms with Crippen LogP contribution in [0.4, 0.5) is 5.82 Å². The van der Waals surface area contributed by atoms with Gasteiger partial charge in [-0.05, 0) is 48.3 Å². The number of pyridine rings is 1. The van der Waals surface area contributed by atoms with E-state index in [1.54, 1.807) is 23.8 Å². The highest BCUT2D eigenvalue weighted by atomic mass is 79.9. The second-order valence-corrected chi connectivity index (χ2v) is 6.82. The van der Waals surface area contributed by atoms with Crippen LogP contribution in [-0.4, -0.2) is 23.0 Å². The van der Waals surface area contributed by atoms with E-state index >= 15 is 0 Å². The Morgan fingerprint density at radius 1 is 1.40 bits per heavy atom. The van der Waals surface area contributed by atoms with Crippen molar-refractivity contribution >= 4 is 31.8 Å². The van der Waals surface area contributed by atoms with Crippen LogP contribution in [0.5, 0.6) is 0 Å². The Kier molecular flexibility index (Phi) is 4.14. The average molecular weight is 359 g/mol. The molecular weight excluding hydrogens is 344 g/mol. The van der Waals surface area contributed by atoms with E-state index in [2.05, 4.69) is 30.6 Å². The van der Waals surface area contributed by atoms with E-state index in [9.17, 15) is 8.42 Å². The van der Waals surface area contributed by atoms with Crippen LogP contribution in [0.25, 0.3) is 0 Å². The van der Waals surface area contributed by atoms with Gasteiger partial charge in [0.05, 0.1) is 0 Å². The van der Waals surface area contributed by atoms with Gasteiger partial charge in [0, 0.05) is 23.4 Å². The fourth-order valence-electron chi connectivity index (χ4n) is 1.71. The summed E-state index contributed by atoms with van der Waals surface area (Å²) in [5.74, 6) is 0.933. The quantitative estimate of drug-likeness (QED) is 0.910. The highest BCUT2D eigenvalue weighted by Crippen LogP contribution is 2.19. The molecule has 0 saturated heterocycles. The molecule has 6 nitrogen and oxygen atoms in total. The van der Waals surface area contributed by atoms with E-state index in [1.165, 1.54) is 6.20 Å². The highest BCUT2D eigenvalue weighted by Gasteiger charge is 2.19. The summed E-state index contributed by atoms with van der Waals surface area (Å²) in [4.78, 5) is 8.09. The molecule has 2 aromatic heterocycles. The summed E-state index contributed by atoms with van der Waals surface area (Å²) >= 11 is 3.32. The molecule has 0 amide bonds. The molecule has 0 atom stereocenters. The summed E-state index contributed by atoms with van der Waals surface area (Å²) in [6.07, 6.45) is 3.08. The van der Waals surface area contributed by atoms with E-state index in [1.807, 2.05) is 13.8 Å². The summed E-state index contributed by atoms with van der Waals surface area (Å²) < 4.78 is 29.5. The second kappa shape index (κ2) is 5.53. The molecule has 0 spiro atoms. The Bertz CT molecular complexity index is 740. The molecule has 0 bridgehead atoms. The molecule has 0 saturated carbocycles. The van der Waals surface area contributed by atoms with Crippen molar-refractivity contribution in [3.05, 3.63) is 34.3 Å². The molecule has 0 fully saturated rings. The minimum atomic E-state index is -3.71. The lowest BCUT2D eigenvalue weighted by molar-refractivity contribution is 0.597. The topological polar surface area (TPSA) is 76.9 Å². The van der Waals surface area contributed by atoms with Gasteiger partial charge in [-0.1, -0.05) is 0 Å². The van der Waals surface area contributed by atoms with E-state index in [4.69, 9.17) is 0 Å². The third-order valence-corrected chi connectivity index (χ3v) is 4.91. The fraction of sp³-hybridized carbons (Fsp3) is 0.333. The lowest BCUT2D eigenvalue weighted by atomic mass is 10.3. The Balaban J connectivity index is 2.32. The second-order valence-electron chi connectivity index (χ2n) is 4.34. The Morgan fingerprint density at radius 3 is 2.65 bits per heavy atom. The van der Waals surface area contributed by atoms with Crippen molar-refractivity contribution in [2.24, 2.45) is 0 Å². The number of aromatic nitrogens is 3. The van der Waals surface area contributed by atoms with Crippen LogP contribution in [0.3, 0.4) is 0 Å². The van der Waals surface area contributed by atoms with Gasteiger partial charge in [0.1, 0.15) is 11.6 Å². The number of anilines is 1. The normalized spacial score (nSPS) is 11.6. The first-order valence-electron chi connectivity index (χ1n) is 6.02. The highest BCUT2D eigenvalue weighted by molar-refractivity contribution is 9.10.